The summed E-state index contributed by atoms with van der Waals surface area (Å²) in [6, 6.07) is 11.7. The highest BCUT2D eigenvalue weighted by Crippen LogP contribution is 2.46. The van der Waals surface area contributed by atoms with Gasteiger partial charge in [0.1, 0.15) is 5.75 Å². The standard InChI is InChI=1S/C18H26N2O2.C15H19BO2.C2H6/c1-4-22-14-6-9-20(10-7-14)12-16-15-5-8-19-18(15)13(2)11-17(16)21-3;1-10(9-16)7-12-5-6-14(12)11-3-2-4-13(8-11)15(17)18;1-2/h5,8,11,14,19H,4,6-7,9-10,12H2,1-3H3;2-4,8,10,12,14H,5-7,9H2,1H3,(H,17,18);1-2H3. The van der Waals surface area contributed by atoms with Gasteiger partial charge in [-0.1, -0.05) is 45.1 Å². The van der Waals surface area contributed by atoms with Crippen molar-refractivity contribution >= 4 is 24.7 Å². The number of methoxy groups -OCH3 is 1. The smallest absolute Gasteiger partial charge is 0.335 e. The van der Waals surface area contributed by atoms with E-state index in [0.29, 0.717) is 29.4 Å². The molecule has 42 heavy (non-hydrogen) atoms. The minimum absolute atomic E-state index is 0.394. The molecule has 1 aliphatic carbocycles. The Labute approximate surface area is 254 Å². The molecule has 3 aromatic rings. The lowest BCUT2D eigenvalue weighted by molar-refractivity contribution is 0.0125. The molecule has 2 N–H and O–H groups in total. The number of hydrogen-bond donors (Lipinski definition) is 2. The minimum Gasteiger partial charge on any atom is -0.496 e. The van der Waals surface area contributed by atoms with Crippen LogP contribution in [0.15, 0.2) is 42.6 Å². The second kappa shape index (κ2) is 16.8. The van der Waals surface area contributed by atoms with Crippen LogP contribution in [0.3, 0.4) is 0 Å². The maximum absolute atomic E-state index is 11.0. The van der Waals surface area contributed by atoms with Gasteiger partial charge in [-0.3, -0.25) is 4.90 Å². The van der Waals surface area contributed by atoms with Crippen LogP contribution in [0.2, 0.25) is 6.32 Å². The average Bonchev–Trinajstić information content (AvgIpc) is 3.50. The van der Waals surface area contributed by atoms with E-state index in [1.165, 1.54) is 40.4 Å². The van der Waals surface area contributed by atoms with E-state index in [-0.39, 0.29) is 0 Å². The molecule has 7 heteroatoms. The van der Waals surface area contributed by atoms with Crippen molar-refractivity contribution in [2.75, 3.05) is 26.8 Å². The molecular weight excluding hydrogens is 523 g/mol. The zero-order chi connectivity index (χ0) is 30.6. The fourth-order valence-corrected chi connectivity index (χ4v) is 6.28. The second-order valence-electron chi connectivity index (χ2n) is 11.5. The van der Waals surface area contributed by atoms with Gasteiger partial charge in [0.15, 0.2) is 0 Å². The lowest BCUT2D eigenvalue weighted by Crippen LogP contribution is -2.36. The highest BCUT2D eigenvalue weighted by atomic mass is 16.5. The van der Waals surface area contributed by atoms with Crippen molar-refractivity contribution in [2.24, 2.45) is 11.8 Å². The van der Waals surface area contributed by atoms with Crippen molar-refractivity contribution in [3.63, 3.8) is 0 Å². The molecule has 1 saturated carbocycles. The Bertz CT molecular complexity index is 1250. The first-order valence-electron chi connectivity index (χ1n) is 15.8. The predicted octanol–water partition coefficient (Wildman–Crippen LogP) is 8.00. The number of fused-ring (bicyclic) bond motifs is 1. The lowest BCUT2D eigenvalue weighted by Gasteiger charge is -2.38. The number of aryl methyl sites for hydroxylation is 1. The number of aromatic amines is 1. The van der Waals surface area contributed by atoms with Gasteiger partial charge in [-0.2, -0.15) is 0 Å². The van der Waals surface area contributed by atoms with Crippen LogP contribution >= 0.6 is 0 Å². The van der Waals surface area contributed by atoms with Crippen molar-refractivity contribution in [2.45, 2.75) is 91.6 Å². The van der Waals surface area contributed by atoms with Gasteiger partial charge in [-0.05, 0) is 93.2 Å². The predicted molar refractivity (Wildman–Crippen MR) is 174 cm³/mol. The fourth-order valence-electron chi connectivity index (χ4n) is 6.28. The zero-order valence-corrected chi connectivity index (χ0v) is 26.6. The summed E-state index contributed by atoms with van der Waals surface area (Å²) in [5, 5.41) is 10.3. The third-order valence-electron chi connectivity index (χ3n) is 8.74. The Balaban J connectivity index is 0.000000222. The third-order valence-corrected chi connectivity index (χ3v) is 8.74. The number of aromatic carboxylic acids is 1. The molecule has 1 aromatic heterocycles. The molecule has 3 unspecified atom stereocenters. The van der Waals surface area contributed by atoms with Crippen molar-refractivity contribution < 1.29 is 19.4 Å². The number of rotatable bonds is 10. The molecule has 2 radical (unpaired) electrons. The number of carboxylic acid groups (broad SMARTS) is 1. The summed E-state index contributed by atoms with van der Waals surface area (Å²) in [6.07, 6.45) is 9.00. The Hall–Kier alpha value is -2.77. The maximum Gasteiger partial charge on any atom is 0.335 e. The van der Waals surface area contributed by atoms with Crippen LogP contribution in [0.4, 0.5) is 0 Å². The molecule has 0 bridgehead atoms. The number of piperidine rings is 1. The molecule has 2 fully saturated rings. The highest BCUT2D eigenvalue weighted by molar-refractivity contribution is 6.08. The van der Waals surface area contributed by atoms with Gasteiger partial charge in [-0.15, -0.1) is 0 Å². The van der Waals surface area contributed by atoms with Crippen LogP contribution in [-0.2, 0) is 11.3 Å². The number of nitrogens with zero attached hydrogens (tertiary/aromatic N) is 1. The first-order valence-corrected chi connectivity index (χ1v) is 15.8. The number of likely N-dealkylation sites (tertiary alicyclic amines) is 1. The number of H-pyrrole nitrogens is 1. The Morgan fingerprint density at radius 2 is 1.88 bits per heavy atom. The average molecular weight is 575 g/mol. The van der Waals surface area contributed by atoms with E-state index in [9.17, 15) is 4.79 Å². The monoisotopic (exact) mass is 574 g/mol. The van der Waals surface area contributed by atoms with Crippen LogP contribution in [0.5, 0.6) is 5.75 Å². The van der Waals surface area contributed by atoms with E-state index >= 15 is 0 Å². The molecule has 1 saturated heterocycles. The van der Waals surface area contributed by atoms with Crippen LogP contribution in [0, 0.1) is 18.8 Å². The number of carbonyl (C=O) groups is 1. The second-order valence-corrected chi connectivity index (χ2v) is 11.5. The molecule has 2 aliphatic rings. The lowest BCUT2D eigenvalue weighted by atomic mass is 9.66. The minimum atomic E-state index is -0.844. The van der Waals surface area contributed by atoms with Crippen molar-refractivity contribution in [1.29, 1.82) is 0 Å². The summed E-state index contributed by atoms with van der Waals surface area (Å²) in [5.41, 5.74) is 5.32. The molecule has 3 atom stereocenters. The normalized spacial score (nSPS) is 19.6. The number of ether oxygens (including phenoxy) is 2. The van der Waals surface area contributed by atoms with Crippen molar-refractivity contribution in [3.8, 4) is 5.75 Å². The summed E-state index contributed by atoms with van der Waals surface area (Å²) < 4.78 is 11.4. The van der Waals surface area contributed by atoms with Gasteiger partial charge in [-0.25, -0.2) is 4.79 Å². The van der Waals surface area contributed by atoms with Crippen LogP contribution in [0.25, 0.3) is 10.9 Å². The van der Waals surface area contributed by atoms with Crippen molar-refractivity contribution in [1.82, 2.24) is 9.88 Å². The van der Waals surface area contributed by atoms with E-state index in [4.69, 9.17) is 22.4 Å². The number of hydrogen-bond acceptors (Lipinski definition) is 4. The number of nitrogens with one attached hydrogen (secondary N) is 1. The number of aromatic nitrogens is 1. The largest absolute Gasteiger partial charge is 0.496 e. The molecule has 1 aliphatic heterocycles. The van der Waals surface area contributed by atoms with E-state index in [1.54, 1.807) is 13.2 Å². The molecular formula is C35H51BN2O4. The number of benzene rings is 2. The van der Waals surface area contributed by atoms with Gasteiger partial charge in [0, 0.05) is 48.9 Å². The third kappa shape index (κ3) is 8.64. The fraction of sp³-hybridized carbons (Fsp3) is 0.571. The van der Waals surface area contributed by atoms with Gasteiger partial charge in [0.05, 0.1) is 26.6 Å². The van der Waals surface area contributed by atoms with Gasteiger partial charge in [0.25, 0.3) is 0 Å². The van der Waals surface area contributed by atoms with Crippen LogP contribution < -0.4 is 4.74 Å². The molecule has 5 rings (SSSR count). The summed E-state index contributed by atoms with van der Waals surface area (Å²) in [4.78, 5) is 16.8. The molecule has 2 aromatic carbocycles. The molecule has 228 valence electrons. The zero-order valence-electron chi connectivity index (χ0n) is 26.6. The van der Waals surface area contributed by atoms with Gasteiger partial charge in [0.2, 0.25) is 0 Å². The SMILES string of the molecule is CC.CCOC1CCN(Cc2c(OC)cc(C)c3[nH]ccc23)CC1.[B]CC(C)CC1CCC1c1cccc(C(=O)O)c1. The van der Waals surface area contributed by atoms with Crippen LogP contribution in [0.1, 0.15) is 92.8 Å². The van der Waals surface area contributed by atoms with Gasteiger partial charge >= 0.3 is 5.97 Å². The maximum atomic E-state index is 11.0. The molecule has 0 amide bonds. The van der Waals surface area contributed by atoms with Crippen LogP contribution in [-0.4, -0.2) is 61.7 Å². The number of carboxylic acids is 1. The summed E-state index contributed by atoms with van der Waals surface area (Å²) >= 11 is 0. The van der Waals surface area contributed by atoms with E-state index in [1.807, 2.05) is 32.2 Å². The summed E-state index contributed by atoms with van der Waals surface area (Å²) in [5.74, 6) is 1.91. The summed E-state index contributed by atoms with van der Waals surface area (Å²) in [7, 11) is 7.43. The van der Waals surface area contributed by atoms with Crippen molar-refractivity contribution in [3.05, 3.63) is 64.8 Å². The van der Waals surface area contributed by atoms with E-state index < -0.39 is 5.97 Å². The van der Waals surface area contributed by atoms with Gasteiger partial charge < -0.3 is 19.6 Å². The highest BCUT2D eigenvalue weighted by Gasteiger charge is 2.32. The quantitative estimate of drug-likeness (QED) is 0.240. The summed E-state index contributed by atoms with van der Waals surface area (Å²) in [6.45, 7) is 14.3. The van der Waals surface area contributed by atoms with E-state index in [0.717, 1.165) is 57.6 Å². The molecule has 2 heterocycles. The first kappa shape index (κ1) is 33.7. The molecule has 0 spiro atoms. The Morgan fingerprint density at radius 1 is 1.14 bits per heavy atom. The van der Waals surface area contributed by atoms with E-state index in [2.05, 4.69) is 48.9 Å². The Kier molecular flexibility index (Phi) is 13.5. The Morgan fingerprint density at radius 3 is 2.48 bits per heavy atom. The first-order chi connectivity index (χ1) is 20.3. The molecule has 6 nitrogen and oxygen atoms in total. The topological polar surface area (TPSA) is 74.8 Å².